The molecule has 1 heterocycles. The van der Waals surface area contributed by atoms with Gasteiger partial charge in [-0.2, -0.15) is 0 Å². The molecule has 2 rings (SSSR count). The van der Waals surface area contributed by atoms with Crippen molar-refractivity contribution in [3.8, 4) is 0 Å². The minimum absolute atomic E-state index is 0.590. The molecule has 12 heavy (non-hydrogen) atoms. The van der Waals surface area contributed by atoms with Crippen LogP contribution in [0, 0.1) is 0 Å². The number of rotatable bonds is 3. The van der Waals surface area contributed by atoms with Gasteiger partial charge < -0.3 is 0 Å². The van der Waals surface area contributed by atoms with Crippen molar-refractivity contribution in [3.05, 3.63) is 28.2 Å². The van der Waals surface area contributed by atoms with E-state index in [4.69, 9.17) is 0 Å². The van der Waals surface area contributed by atoms with Crippen LogP contribution in [0.1, 0.15) is 47.7 Å². The SMILES string of the molecule is C=CCC1c2nc(C(C)C)sc21. The molecule has 1 atom stereocenters. The van der Waals surface area contributed by atoms with Crippen molar-refractivity contribution in [2.75, 3.05) is 0 Å². The fourth-order valence-electron chi connectivity index (χ4n) is 1.38. The van der Waals surface area contributed by atoms with E-state index in [9.17, 15) is 0 Å². The van der Waals surface area contributed by atoms with E-state index in [-0.39, 0.29) is 0 Å². The van der Waals surface area contributed by atoms with Crippen molar-refractivity contribution in [3.63, 3.8) is 0 Å². The molecule has 0 saturated heterocycles. The van der Waals surface area contributed by atoms with Crippen LogP contribution >= 0.6 is 11.3 Å². The fraction of sp³-hybridized carbons (Fsp3) is 0.500. The maximum Gasteiger partial charge on any atom is 0.0957 e. The highest BCUT2D eigenvalue weighted by atomic mass is 32.1. The molecule has 1 aromatic heterocycles. The van der Waals surface area contributed by atoms with Crippen LogP contribution in [0.15, 0.2) is 12.7 Å². The van der Waals surface area contributed by atoms with Gasteiger partial charge in [-0.1, -0.05) is 19.9 Å². The first-order valence-corrected chi connectivity index (χ1v) is 5.17. The summed E-state index contributed by atoms with van der Waals surface area (Å²) in [6, 6.07) is 0. The first-order chi connectivity index (χ1) is 5.74. The van der Waals surface area contributed by atoms with Gasteiger partial charge >= 0.3 is 0 Å². The van der Waals surface area contributed by atoms with Crippen molar-refractivity contribution in [2.24, 2.45) is 0 Å². The molecule has 0 saturated carbocycles. The number of thiazole rings is 1. The molecule has 1 unspecified atom stereocenters. The third-order valence-electron chi connectivity index (χ3n) is 2.16. The third kappa shape index (κ3) is 1.11. The van der Waals surface area contributed by atoms with E-state index in [1.54, 1.807) is 0 Å². The molecule has 0 radical (unpaired) electrons. The zero-order chi connectivity index (χ0) is 8.72. The summed E-state index contributed by atoms with van der Waals surface area (Å²) in [7, 11) is 0. The van der Waals surface area contributed by atoms with E-state index in [0.29, 0.717) is 11.8 Å². The molecule has 0 fully saturated rings. The van der Waals surface area contributed by atoms with Gasteiger partial charge in [0.25, 0.3) is 0 Å². The Morgan fingerprint density at radius 1 is 1.67 bits per heavy atom. The first kappa shape index (κ1) is 7.99. The Bertz CT molecular complexity index is 290. The summed E-state index contributed by atoms with van der Waals surface area (Å²) in [4.78, 5) is 6.07. The predicted octanol–water partition coefficient (Wildman–Crippen LogP) is 3.29. The Labute approximate surface area is 77.2 Å². The molecule has 0 aromatic carbocycles. The number of fused-ring (bicyclic) bond motifs is 1. The highest BCUT2D eigenvalue weighted by molar-refractivity contribution is 7.12. The largest absolute Gasteiger partial charge is 0.245 e. The van der Waals surface area contributed by atoms with Crippen molar-refractivity contribution in [2.45, 2.75) is 32.1 Å². The highest BCUT2D eigenvalue weighted by Crippen LogP contribution is 2.50. The van der Waals surface area contributed by atoms with Crippen LogP contribution < -0.4 is 0 Å². The zero-order valence-corrected chi connectivity index (χ0v) is 8.32. The number of aromatic nitrogens is 1. The van der Waals surface area contributed by atoms with Gasteiger partial charge in [0, 0.05) is 16.7 Å². The maximum atomic E-state index is 4.57. The Morgan fingerprint density at radius 3 is 2.83 bits per heavy atom. The molecular formula is C10H13NS. The van der Waals surface area contributed by atoms with Crippen LogP contribution in [-0.4, -0.2) is 4.98 Å². The van der Waals surface area contributed by atoms with E-state index < -0.39 is 0 Å². The summed E-state index contributed by atoms with van der Waals surface area (Å²) < 4.78 is 0. The number of hydrogen-bond acceptors (Lipinski definition) is 2. The van der Waals surface area contributed by atoms with E-state index in [2.05, 4.69) is 25.4 Å². The van der Waals surface area contributed by atoms with Crippen molar-refractivity contribution < 1.29 is 0 Å². The quantitative estimate of drug-likeness (QED) is 0.649. The topological polar surface area (TPSA) is 12.9 Å². The van der Waals surface area contributed by atoms with Crippen molar-refractivity contribution in [1.29, 1.82) is 0 Å². The lowest BCUT2D eigenvalue weighted by Gasteiger charge is -1.99. The normalized spacial score (nSPS) is 19.4. The summed E-state index contributed by atoms with van der Waals surface area (Å²) in [5.41, 5.74) is 1.34. The lowest BCUT2D eigenvalue weighted by atomic mass is 10.2. The minimum atomic E-state index is 0.590. The molecule has 0 amide bonds. The summed E-state index contributed by atoms with van der Waals surface area (Å²) >= 11 is 1.88. The predicted molar refractivity (Wildman–Crippen MR) is 52.9 cm³/mol. The van der Waals surface area contributed by atoms with Crippen LogP contribution in [0.4, 0.5) is 0 Å². The van der Waals surface area contributed by atoms with Gasteiger partial charge in [0.15, 0.2) is 0 Å². The van der Waals surface area contributed by atoms with Gasteiger partial charge in [0.2, 0.25) is 0 Å². The van der Waals surface area contributed by atoms with Crippen LogP contribution in [0.25, 0.3) is 0 Å². The van der Waals surface area contributed by atoms with Gasteiger partial charge in [-0.15, -0.1) is 17.9 Å². The molecule has 0 aliphatic heterocycles. The Balaban J connectivity index is 2.10. The summed E-state index contributed by atoms with van der Waals surface area (Å²) in [5, 5.41) is 1.29. The Morgan fingerprint density at radius 2 is 2.42 bits per heavy atom. The van der Waals surface area contributed by atoms with Gasteiger partial charge in [0.1, 0.15) is 0 Å². The molecule has 1 aromatic rings. The van der Waals surface area contributed by atoms with Gasteiger partial charge in [-0.25, -0.2) is 4.98 Å². The lowest BCUT2D eigenvalue weighted by molar-refractivity contribution is 0.837. The minimum Gasteiger partial charge on any atom is -0.245 e. The van der Waals surface area contributed by atoms with Gasteiger partial charge in [-0.3, -0.25) is 0 Å². The van der Waals surface area contributed by atoms with E-state index >= 15 is 0 Å². The highest BCUT2D eigenvalue weighted by Gasteiger charge is 2.37. The lowest BCUT2D eigenvalue weighted by Crippen LogP contribution is -1.87. The standard InChI is InChI=1S/C10H13NS/c1-4-5-7-8-9(7)12-10(11-8)6(2)3/h4,6-7H,1,5H2,2-3H3. The van der Waals surface area contributed by atoms with E-state index in [0.717, 1.165) is 6.42 Å². The Hall–Kier alpha value is -0.630. The second-order valence-corrected chi connectivity index (χ2v) is 4.60. The fourth-order valence-corrected chi connectivity index (χ4v) is 2.57. The molecule has 2 heteroatoms. The van der Waals surface area contributed by atoms with E-state index in [1.165, 1.54) is 15.6 Å². The van der Waals surface area contributed by atoms with E-state index in [1.807, 2.05) is 17.4 Å². The van der Waals surface area contributed by atoms with Crippen molar-refractivity contribution in [1.82, 2.24) is 4.98 Å². The van der Waals surface area contributed by atoms with Crippen LogP contribution in [0.2, 0.25) is 0 Å². The first-order valence-electron chi connectivity index (χ1n) is 4.35. The molecule has 0 bridgehead atoms. The van der Waals surface area contributed by atoms with Crippen molar-refractivity contribution >= 4 is 11.3 Å². The third-order valence-corrected chi connectivity index (χ3v) is 3.64. The monoisotopic (exact) mass is 179 g/mol. The van der Waals surface area contributed by atoms with Crippen LogP contribution in [0.3, 0.4) is 0 Å². The van der Waals surface area contributed by atoms with Crippen LogP contribution in [0.5, 0.6) is 0 Å². The smallest absolute Gasteiger partial charge is 0.0957 e. The molecule has 1 nitrogen and oxygen atoms in total. The molecule has 1 aliphatic rings. The summed E-state index contributed by atoms with van der Waals surface area (Å²) in [6.45, 7) is 8.13. The molecule has 1 aliphatic carbocycles. The number of allylic oxidation sites excluding steroid dienone is 1. The number of hydrogen-bond donors (Lipinski definition) is 0. The molecule has 0 spiro atoms. The van der Waals surface area contributed by atoms with Gasteiger partial charge in [0.05, 0.1) is 10.7 Å². The average Bonchev–Trinajstić information content (AvgIpc) is 2.51. The summed E-state index contributed by atoms with van der Waals surface area (Å²) in [5.74, 6) is 1.24. The number of nitrogens with zero attached hydrogens (tertiary/aromatic N) is 1. The second kappa shape index (κ2) is 2.70. The summed E-state index contributed by atoms with van der Waals surface area (Å²) in [6.07, 6.45) is 3.06. The average molecular weight is 179 g/mol. The molecule has 64 valence electrons. The zero-order valence-electron chi connectivity index (χ0n) is 7.50. The second-order valence-electron chi connectivity index (χ2n) is 3.53. The maximum absolute atomic E-state index is 4.57. The molecule has 0 N–H and O–H groups in total. The molecular weight excluding hydrogens is 166 g/mol. The Kier molecular flexibility index (Phi) is 1.80. The van der Waals surface area contributed by atoms with Crippen LogP contribution in [-0.2, 0) is 0 Å². The van der Waals surface area contributed by atoms with Gasteiger partial charge in [-0.05, 0) is 6.42 Å².